The first-order valence-corrected chi connectivity index (χ1v) is 1.86. The Labute approximate surface area is 87.0 Å². The molecule has 0 spiro atoms. The van der Waals surface area contributed by atoms with Crippen molar-refractivity contribution >= 4 is 0 Å². The van der Waals surface area contributed by atoms with E-state index >= 15 is 0 Å². The molecule has 0 aromatic rings. The van der Waals surface area contributed by atoms with Gasteiger partial charge in [0.2, 0.25) is 0 Å². The molecule has 2 heteroatoms. The molecule has 0 fully saturated rings. The maximum atomic E-state index is 3.25. The number of rotatable bonds is 0. The summed E-state index contributed by atoms with van der Waals surface area (Å²) < 4.78 is 0. The maximum absolute atomic E-state index is 3.25. The van der Waals surface area contributed by atoms with Crippen molar-refractivity contribution in [2.45, 2.75) is 20.8 Å². The van der Waals surface area contributed by atoms with E-state index in [2.05, 4.69) is 6.92 Å². The minimum atomic E-state index is 0. The SMILES string of the molecule is C[CH-]C.[CH2-]C.[W].[Y]. The minimum Gasteiger partial charge on any atom is -0.346 e. The van der Waals surface area contributed by atoms with Crippen molar-refractivity contribution in [2.24, 2.45) is 0 Å². The van der Waals surface area contributed by atoms with Gasteiger partial charge >= 0.3 is 0 Å². The van der Waals surface area contributed by atoms with Crippen LogP contribution in [0.25, 0.3) is 0 Å². The fraction of sp³-hybridized carbons (Fsp3) is 0.600. The average Bonchev–Trinajstić information content (AvgIpc) is 1.46. The Kier molecular flexibility index (Phi) is 153. The van der Waals surface area contributed by atoms with E-state index in [1.165, 1.54) is 0 Å². The number of hydrogen-bond acceptors (Lipinski definition) is 0. The monoisotopic (exact) mass is 345 g/mol. The van der Waals surface area contributed by atoms with E-state index in [1.54, 1.807) is 6.92 Å². The van der Waals surface area contributed by atoms with Crippen LogP contribution in [0.2, 0.25) is 0 Å². The second-order valence-corrected chi connectivity index (χ2v) is 0.577. The summed E-state index contributed by atoms with van der Waals surface area (Å²) in [6.07, 6.45) is 2.00. The van der Waals surface area contributed by atoms with Gasteiger partial charge in [-0.05, 0) is 0 Å². The van der Waals surface area contributed by atoms with Gasteiger partial charge in [-0.25, -0.2) is 0 Å². The Hall–Kier alpha value is 1.79. The van der Waals surface area contributed by atoms with Crippen molar-refractivity contribution in [3.8, 4) is 0 Å². The zero-order chi connectivity index (χ0) is 4.71. The Morgan fingerprint density at radius 2 is 1.14 bits per heavy atom. The third-order valence-corrected chi connectivity index (χ3v) is 0. The molecule has 0 saturated heterocycles. The standard InChI is InChI=1S/C3H7.C2H5.W.Y/c1-3-2;1-2;;/h3H,1-2H3;1H2,2H3;;/q2*-1;;. The predicted molar refractivity (Wildman–Crippen MR) is 26.7 cm³/mol. The van der Waals surface area contributed by atoms with Crippen molar-refractivity contribution in [1.29, 1.82) is 0 Å². The molecule has 0 aromatic heterocycles. The molecular weight excluding hydrogens is 333 g/mol. The van der Waals surface area contributed by atoms with Gasteiger partial charge in [0.15, 0.2) is 0 Å². The van der Waals surface area contributed by atoms with Crippen LogP contribution in [0, 0.1) is 13.3 Å². The minimum absolute atomic E-state index is 0. The van der Waals surface area contributed by atoms with Crippen molar-refractivity contribution in [2.75, 3.05) is 0 Å². The van der Waals surface area contributed by atoms with Crippen molar-refractivity contribution < 1.29 is 53.8 Å². The molecule has 1 radical (unpaired) electrons. The average molecular weight is 345 g/mol. The van der Waals surface area contributed by atoms with Crippen molar-refractivity contribution in [3.63, 3.8) is 0 Å². The Bertz CT molecular complexity index is 8.04. The number of hydrogen-bond donors (Lipinski definition) is 0. The second-order valence-electron chi connectivity index (χ2n) is 0.577. The van der Waals surface area contributed by atoms with E-state index < -0.39 is 0 Å². The van der Waals surface area contributed by atoms with E-state index in [9.17, 15) is 0 Å². The van der Waals surface area contributed by atoms with Crippen LogP contribution in [-0.4, -0.2) is 0 Å². The van der Waals surface area contributed by atoms with Crippen LogP contribution < -0.4 is 0 Å². The molecule has 0 atom stereocenters. The largest absolute Gasteiger partial charge is 0.346 e. The van der Waals surface area contributed by atoms with Crippen molar-refractivity contribution in [1.82, 2.24) is 0 Å². The molecule has 7 heavy (non-hydrogen) atoms. The van der Waals surface area contributed by atoms with E-state index in [0.717, 1.165) is 0 Å². The van der Waals surface area contributed by atoms with Gasteiger partial charge in [0.1, 0.15) is 0 Å². The third-order valence-electron chi connectivity index (χ3n) is 0. The summed E-state index contributed by atoms with van der Waals surface area (Å²) in [5.74, 6) is 0. The van der Waals surface area contributed by atoms with Gasteiger partial charge < -0.3 is 13.3 Å². The van der Waals surface area contributed by atoms with Gasteiger partial charge in [-0.1, -0.05) is 0 Å². The predicted octanol–water partition coefficient (Wildman–Crippen LogP) is 2.07. The first kappa shape index (κ1) is 23.2. The van der Waals surface area contributed by atoms with E-state index in [4.69, 9.17) is 0 Å². The van der Waals surface area contributed by atoms with Crippen LogP contribution >= 0.6 is 0 Å². The summed E-state index contributed by atoms with van der Waals surface area (Å²) >= 11 is 0. The summed E-state index contributed by atoms with van der Waals surface area (Å²) in [4.78, 5) is 0. The van der Waals surface area contributed by atoms with Gasteiger partial charge in [-0.2, -0.15) is 20.8 Å². The normalized spacial score (nSPS) is 3.43. The fourth-order valence-electron chi connectivity index (χ4n) is 0. The van der Waals surface area contributed by atoms with Gasteiger partial charge in [0.05, 0.1) is 0 Å². The molecule has 0 saturated carbocycles. The fourth-order valence-corrected chi connectivity index (χ4v) is 0. The molecule has 0 aromatic carbocycles. The zero-order valence-corrected chi connectivity index (χ0v) is 11.0. The quantitative estimate of drug-likeness (QED) is 0.590. The van der Waals surface area contributed by atoms with Crippen LogP contribution in [-0.2, 0) is 53.8 Å². The Morgan fingerprint density at radius 1 is 1.14 bits per heavy atom. The first-order valence-electron chi connectivity index (χ1n) is 1.86. The van der Waals surface area contributed by atoms with Gasteiger partial charge in [-0.3, -0.25) is 0 Å². The van der Waals surface area contributed by atoms with Crippen molar-refractivity contribution in [3.05, 3.63) is 13.3 Å². The van der Waals surface area contributed by atoms with Crippen LogP contribution in [0.1, 0.15) is 20.8 Å². The molecule has 0 amide bonds. The van der Waals surface area contributed by atoms with Crippen LogP contribution in [0.15, 0.2) is 0 Å². The molecule has 0 N–H and O–H groups in total. The second kappa shape index (κ2) is 46.1. The maximum Gasteiger partial charge on any atom is 0 e. The molecule has 0 heterocycles. The van der Waals surface area contributed by atoms with Crippen LogP contribution in [0.5, 0.6) is 0 Å². The topological polar surface area (TPSA) is 0 Å². The molecule has 0 nitrogen and oxygen atoms in total. The Morgan fingerprint density at radius 3 is 1.14 bits per heavy atom. The smallest absolute Gasteiger partial charge is 0 e. The summed E-state index contributed by atoms with van der Waals surface area (Å²) in [7, 11) is 0. The van der Waals surface area contributed by atoms with E-state index in [-0.39, 0.29) is 53.8 Å². The molecule has 0 unspecified atom stereocenters. The van der Waals surface area contributed by atoms with E-state index in [1.807, 2.05) is 20.3 Å². The molecule has 0 bridgehead atoms. The molecule has 0 aliphatic carbocycles. The van der Waals surface area contributed by atoms with Gasteiger partial charge in [0, 0.05) is 53.8 Å². The molecular formula is C5H12WY-2. The molecule has 43 valence electrons. The van der Waals surface area contributed by atoms with Crippen LogP contribution in [0.3, 0.4) is 0 Å². The summed E-state index contributed by atoms with van der Waals surface area (Å²) in [6, 6.07) is 0. The summed E-state index contributed by atoms with van der Waals surface area (Å²) in [5.41, 5.74) is 0. The summed E-state index contributed by atoms with van der Waals surface area (Å²) in [5, 5.41) is 0. The molecule has 0 aliphatic heterocycles. The molecule has 0 rings (SSSR count). The van der Waals surface area contributed by atoms with E-state index in [0.29, 0.717) is 0 Å². The van der Waals surface area contributed by atoms with Gasteiger partial charge in [0.25, 0.3) is 0 Å². The third kappa shape index (κ3) is 81.4. The Balaban J connectivity index is -0.0000000105. The molecule has 0 aliphatic rings. The zero-order valence-electron chi connectivity index (χ0n) is 5.27. The first-order chi connectivity index (χ1) is 2.41. The van der Waals surface area contributed by atoms with Crippen LogP contribution in [0.4, 0.5) is 0 Å². The summed E-state index contributed by atoms with van der Waals surface area (Å²) in [6.45, 7) is 9.00. The van der Waals surface area contributed by atoms with Gasteiger partial charge in [-0.15, -0.1) is 0 Å².